The van der Waals surface area contributed by atoms with Crippen molar-refractivity contribution in [2.75, 3.05) is 64.4 Å². The second-order valence-electron chi connectivity index (χ2n) is 15.2. The minimum atomic E-state index is -0.781. The van der Waals surface area contributed by atoms with Crippen LogP contribution >= 0.6 is 11.6 Å². The predicted octanol–water partition coefficient (Wildman–Crippen LogP) is 3.96. The van der Waals surface area contributed by atoms with E-state index in [1.807, 2.05) is 21.7 Å². The van der Waals surface area contributed by atoms with Gasteiger partial charge in [-0.1, -0.05) is 24.6 Å². The molecule has 0 bridgehead atoms. The van der Waals surface area contributed by atoms with Crippen LogP contribution in [0.4, 0.5) is 14.6 Å². The third kappa shape index (κ3) is 7.57. The first-order chi connectivity index (χ1) is 24.6. The minimum absolute atomic E-state index is 0.00357. The molecule has 276 valence electrons. The first-order valence-corrected chi connectivity index (χ1v) is 18.9. The zero-order valence-electron chi connectivity index (χ0n) is 29.4. The summed E-state index contributed by atoms with van der Waals surface area (Å²) in [5.41, 5.74) is 0.225. The summed E-state index contributed by atoms with van der Waals surface area (Å²) in [4.78, 5) is 53.3. The largest absolute Gasteiger partial charge is 0.368 e. The van der Waals surface area contributed by atoms with Crippen molar-refractivity contribution < 1.29 is 27.9 Å². The Kier molecular flexibility index (Phi) is 10.8. The highest BCUT2D eigenvalue weighted by Crippen LogP contribution is 2.40. The van der Waals surface area contributed by atoms with Gasteiger partial charge in [0.2, 0.25) is 11.8 Å². The fourth-order valence-electron chi connectivity index (χ4n) is 8.90. The zero-order valence-corrected chi connectivity index (χ0v) is 30.2. The van der Waals surface area contributed by atoms with Crippen LogP contribution in [0, 0.1) is 23.5 Å². The summed E-state index contributed by atoms with van der Waals surface area (Å²) in [5.74, 6) is -2.26. The van der Waals surface area contributed by atoms with Gasteiger partial charge >= 0.3 is 0 Å². The number of rotatable bonds is 7. The van der Waals surface area contributed by atoms with Gasteiger partial charge in [0.05, 0.1) is 12.0 Å². The van der Waals surface area contributed by atoms with Gasteiger partial charge in [-0.25, -0.2) is 8.78 Å². The number of halogens is 3. The second kappa shape index (κ2) is 15.3. The summed E-state index contributed by atoms with van der Waals surface area (Å²) in [5, 5.41) is 8.41. The number of piperazine rings is 1. The molecule has 3 amide bonds. The number of anilines is 1. The molecule has 4 aliphatic heterocycles. The van der Waals surface area contributed by atoms with Crippen LogP contribution in [0.25, 0.3) is 0 Å². The highest BCUT2D eigenvalue weighted by Gasteiger charge is 2.51. The molecule has 0 spiro atoms. The zero-order chi connectivity index (χ0) is 35.8. The molecule has 7 rings (SSSR count). The van der Waals surface area contributed by atoms with E-state index in [0.29, 0.717) is 44.3 Å². The first-order valence-electron chi connectivity index (χ1n) is 18.5. The number of likely N-dealkylation sites (tertiary alicyclic amines) is 1. The molecule has 0 radical (unpaired) electrons. The highest BCUT2D eigenvalue weighted by molar-refractivity contribution is 6.29. The van der Waals surface area contributed by atoms with Gasteiger partial charge in [-0.15, -0.1) is 10.2 Å². The second-order valence-corrected chi connectivity index (χ2v) is 15.6. The maximum absolute atomic E-state index is 15.5. The lowest BCUT2D eigenvalue weighted by Gasteiger charge is -2.41. The first kappa shape index (κ1) is 36.0. The molecule has 51 heavy (non-hydrogen) atoms. The molecule has 1 saturated carbocycles. The van der Waals surface area contributed by atoms with Crippen LogP contribution in [-0.4, -0.2) is 131 Å². The molecule has 5 fully saturated rings. The van der Waals surface area contributed by atoms with Gasteiger partial charge in [0.15, 0.2) is 11.0 Å². The number of carbonyl (C=O) groups is 3. The Morgan fingerprint density at radius 3 is 2.33 bits per heavy atom. The van der Waals surface area contributed by atoms with Crippen molar-refractivity contribution in [2.45, 2.75) is 82.0 Å². The summed E-state index contributed by atoms with van der Waals surface area (Å²) < 4.78 is 35.5. The van der Waals surface area contributed by atoms with E-state index < -0.39 is 35.6 Å². The van der Waals surface area contributed by atoms with E-state index >= 15 is 9.18 Å². The summed E-state index contributed by atoms with van der Waals surface area (Å²) in [6, 6.07) is 5.60. The Bertz CT molecular complexity index is 1580. The Morgan fingerprint density at radius 2 is 1.67 bits per heavy atom. The molecule has 0 unspecified atom stereocenters. The van der Waals surface area contributed by atoms with Gasteiger partial charge in [-0.3, -0.25) is 14.4 Å². The van der Waals surface area contributed by atoms with E-state index in [-0.39, 0.29) is 60.2 Å². The van der Waals surface area contributed by atoms with Gasteiger partial charge < -0.3 is 29.2 Å². The number of hydrogen-bond acceptors (Lipinski definition) is 8. The Morgan fingerprint density at radius 1 is 0.902 bits per heavy atom. The molecule has 2 aromatic rings. The molecule has 0 N–H and O–H groups in total. The topological polar surface area (TPSA) is 102 Å². The van der Waals surface area contributed by atoms with Crippen LogP contribution in [-0.2, 0) is 19.1 Å². The fraction of sp³-hybridized carbons (Fsp3) is 0.649. The van der Waals surface area contributed by atoms with Crippen molar-refractivity contribution in [2.24, 2.45) is 11.8 Å². The molecule has 1 aromatic heterocycles. The molecule has 5 atom stereocenters. The number of amides is 3. The van der Waals surface area contributed by atoms with E-state index in [0.717, 1.165) is 51.3 Å². The SMILES string of the molecule is CN1CCN(C(=O)[C@@H]2C[C@H](N(C(=O)[C@@H]3CCCO3)[C@H]3CC[C@@H](C)CC3)CN2C(=O)[C@@H]2CN(c3ccc(Cl)nn3)C[C@H]2c2ccc(F)cc2F)CC1. The number of carbonyl (C=O) groups excluding carboxylic acids is 3. The Hall–Kier alpha value is -3.42. The van der Waals surface area contributed by atoms with Crippen molar-refractivity contribution in [3.63, 3.8) is 0 Å². The van der Waals surface area contributed by atoms with E-state index in [1.54, 1.807) is 17.0 Å². The quantitative estimate of drug-likeness (QED) is 0.423. The van der Waals surface area contributed by atoms with E-state index in [4.69, 9.17) is 16.3 Å². The van der Waals surface area contributed by atoms with Crippen LogP contribution in [0.15, 0.2) is 30.3 Å². The highest BCUT2D eigenvalue weighted by atomic mass is 35.5. The van der Waals surface area contributed by atoms with Crippen LogP contribution in [0.1, 0.15) is 63.4 Å². The maximum Gasteiger partial charge on any atom is 0.252 e. The Balaban J connectivity index is 1.23. The molecule has 11 nitrogen and oxygen atoms in total. The van der Waals surface area contributed by atoms with Gasteiger partial charge in [0, 0.05) is 70.4 Å². The van der Waals surface area contributed by atoms with E-state index in [1.165, 1.54) is 12.1 Å². The van der Waals surface area contributed by atoms with Crippen molar-refractivity contribution in [1.29, 1.82) is 0 Å². The average Bonchev–Trinajstić information content (AvgIpc) is 3.91. The number of benzene rings is 1. The van der Waals surface area contributed by atoms with E-state index in [2.05, 4.69) is 22.0 Å². The third-order valence-electron chi connectivity index (χ3n) is 11.8. The lowest BCUT2D eigenvalue weighted by molar-refractivity contribution is -0.148. The number of ether oxygens (including phenoxy) is 1. The van der Waals surface area contributed by atoms with Crippen molar-refractivity contribution >= 4 is 35.1 Å². The molecular weight excluding hydrogens is 680 g/mol. The molecular formula is C37H48ClF2N7O4. The van der Waals surface area contributed by atoms with Gasteiger partial charge in [0.1, 0.15) is 23.8 Å². The number of aromatic nitrogens is 2. The molecule has 4 saturated heterocycles. The predicted molar refractivity (Wildman–Crippen MR) is 187 cm³/mol. The summed E-state index contributed by atoms with van der Waals surface area (Å²) in [6.45, 7) is 5.95. The molecule has 1 aliphatic carbocycles. The third-order valence-corrected chi connectivity index (χ3v) is 12.0. The van der Waals surface area contributed by atoms with E-state index in [9.17, 15) is 14.0 Å². The van der Waals surface area contributed by atoms with Crippen LogP contribution in [0.5, 0.6) is 0 Å². The lowest BCUT2D eigenvalue weighted by Crippen LogP contribution is -2.54. The number of hydrogen-bond donors (Lipinski definition) is 0. The van der Waals surface area contributed by atoms with Gasteiger partial charge in [-0.2, -0.15) is 0 Å². The number of likely N-dealkylation sites (N-methyl/N-ethyl adjacent to an activating group) is 1. The van der Waals surface area contributed by atoms with Crippen molar-refractivity contribution in [1.82, 2.24) is 29.8 Å². The lowest BCUT2D eigenvalue weighted by atomic mass is 9.85. The van der Waals surface area contributed by atoms with Crippen LogP contribution in [0.2, 0.25) is 5.15 Å². The summed E-state index contributed by atoms with van der Waals surface area (Å²) >= 11 is 6.02. The van der Waals surface area contributed by atoms with Crippen molar-refractivity contribution in [3.05, 3.63) is 52.7 Å². The average molecular weight is 728 g/mol. The normalized spacial score (nSPS) is 30.2. The van der Waals surface area contributed by atoms with Gasteiger partial charge in [-0.05, 0) is 81.7 Å². The molecule has 1 aromatic carbocycles. The number of nitrogens with zero attached hydrogens (tertiary/aromatic N) is 7. The summed E-state index contributed by atoms with van der Waals surface area (Å²) in [7, 11) is 2.02. The standard InChI is InChI=1S/C37H48ClF2N7O4/c1-23-5-8-25(9-6-23)47(37(50)32-4-3-17-51-32)26-19-31(36(49)44-15-13-43(2)14-16-44)46(20-26)35(48)29-22-45(34-12-11-33(38)41-42-34)21-28(29)27-10-7-24(39)18-30(27)40/h7,10-12,18,23,25-26,28-29,31-32H,3-6,8-9,13-17,19-22H2,1-2H3/t23-,25+,26-,28-,29+,31-,32-/m0/s1. The monoisotopic (exact) mass is 727 g/mol. The molecule has 14 heteroatoms. The maximum atomic E-state index is 15.5. The van der Waals surface area contributed by atoms with Crippen molar-refractivity contribution in [3.8, 4) is 0 Å². The molecule has 5 aliphatic rings. The minimum Gasteiger partial charge on any atom is -0.368 e. The molecule has 5 heterocycles. The Labute approximate surface area is 303 Å². The smallest absolute Gasteiger partial charge is 0.252 e. The summed E-state index contributed by atoms with van der Waals surface area (Å²) in [6.07, 6.45) is 5.05. The van der Waals surface area contributed by atoms with Crippen LogP contribution in [0.3, 0.4) is 0 Å². The van der Waals surface area contributed by atoms with Gasteiger partial charge in [0.25, 0.3) is 5.91 Å². The van der Waals surface area contributed by atoms with Crippen LogP contribution < -0.4 is 4.90 Å². The fourth-order valence-corrected chi connectivity index (χ4v) is 9.00.